The second-order valence-electron chi connectivity index (χ2n) is 6.82. The zero-order valence-electron chi connectivity index (χ0n) is 15.2. The summed E-state index contributed by atoms with van der Waals surface area (Å²) in [4.78, 5) is 13.8. The number of carbonyl (C=O) groups excluding carboxylic acids is 1. The number of morpholine rings is 1. The quantitative estimate of drug-likeness (QED) is 0.863. The molecular weight excluding hydrogens is 365 g/mol. The topological polar surface area (TPSA) is 60.0 Å². The number of carbonyl (C=O) groups is 1. The summed E-state index contributed by atoms with van der Waals surface area (Å²) in [6.07, 6.45) is -5.71. The van der Waals surface area contributed by atoms with Crippen molar-refractivity contribution in [3.8, 4) is 0 Å². The van der Waals surface area contributed by atoms with Crippen LogP contribution >= 0.6 is 0 Å². The van der Waals surface area contributed by atoms with Gasteiger partial charge in [0.25, 0.3) is 5.91 Å². The molecule has 1 N–H and O–H groups in total. The maximum atomic E-state index is 13.7. The van der Waals surface area contributed by atoms with Gasteiger partial charge in [0.05, 0.1) is 37.6 Å². The number of benzene rings is 1. The van der Waals surface area contributed by atoms with Gasteiger partial charge >= 0.3 is 6.18 Å². The molecule has 2 aliphatic heterocycles. The first-order chi connectivity index (χ1) is 12.7. The third kappa shape index (κ3) is 4.91. The van der Waals surface area contributed by atoms with Crippen molar-refractivity contribution in [1.29, 1.82) is 0 Å². The van der Waals surface area contributed by atoms with Crippen LogP contribution in [0.4, 0.5) is 24.5 Å². The molecule has 150 valence electrons. The first-order valence-corrected chi connectivity index (χ1v) is 8.86. The molecule has 0 aliphatic carbocycles. The van der Waals surface area contributed by atoms with E-state index in [2.05, 4.69) is 5.32 Å². The Morgan fingerprint density at radius 3 is 2.48 bits per heavy atom. The van der Waals surface area contributed by atoms with E-state index in [1.54, 1.807) is 4.90 Å². The lowest BCUT2D eigenvalue weighted by Crippen LogP contribution is -2.46. The summed E-state index contributed by atoms with van der Waals surface area (Å²) in [5, 5.41) is 2.48. The number of hydrogen-bond acceptors (Lipinski definition) is 5. The Labute approximate surface area is 155 Å². The number of alkyl halides is 3. The molecule has 1 aromatic rings. The van der Waals surface area contributed by atoms with Gasteiger partial charge < -0.3 is 24.4 Å². The van der Waals surface area contributed by atoms with Crippen molar-refractivity contribution in [3.05, 3.63) is 23.8 Å². The van der Waals surface area contributed by atoms with Crippen LogP contribution < -0.4 is 10.2 Å². The lowest BCUT2D eigenvalue weighted by atomic mass is 10.1. The van der Waals surface area contributed by atoms with Gasteiger partial charge in [-0.05, 0) is 32.0 Å². The molecule has 6 nitrogen and oxygen atoms in total. The second-order valence-corrected chi connectivity index (χ2v) is 6.82. The van der Waals surface area contributed by atoms with Gasteiger partial charge in [-0.15, -0.1) is 0 Å². The maximum Gasteiger partial charge on any atom is 0.418 e. The fourth-order valence-corrected chi connectivity index (χ4v) is 3.35. The van der Waals surface area contributed by atoms with Crippen LogP contribution in [0.2, 0.25) is 0 Å². The van der Waals surface area contributed by atoms with E-state index in [9.17, 15) is 18.0 Å². The summed E-state index contributed by atoms with van der Waals surface area (Å²) >= 11 is 0. The fourth-order valence-electron chi connectivity index (χ4n) is 3.35. The van der Waals surface area contributed by atoms with E-state index < -0.39 is 23.8 Å². The predicted molar refractivity (Wildman–Crippen MR) is 92.9 cm³/mol. The van der Waals surface area contributed by atoms with Crippen molar-refractivity contribution in [3.63, 3.8) is 0 Å². The van der Waals surface area contributed by atoms with Crippen molar-refractivity contribution in [2.24, 2.45) is 0 Å². The van der Waals surface area contributed by atoms with Crippen molar-refractivity contribution in [2.75, 3.05) is 43.1 Å². The van der Waals surface area contributed by atoms with Gasteiger partial charge in [-0.1, -0.05) is 0 Å². The highest BCUT2D eigenvalue weighted by molar-refractivity contribution is 5.94. The molecule has 9 heteroatoms. The second kappa shape index (κ2) is 8.04. The highest BCUT2D eigenvalue weighted by atomic mass is 19.4. The van der Waals surface area contributed by atoms with E-state index in [1.165, 1.54) is 12.1 Å². The first-order valence-electron chi connectivity index (χ1n) is 8.86. The Bertz CT molecular complexity index is 667. The Hall–Kier alpha value is -1.84. The molecule has 0 aromatic heterocycles. The van der Waals surface area contributed by atoms with E-state index in [1.807, 2.05) is 13.8 Å². The van der Waals surface area contributed by atoms with Gasteiger partial charge in [-0.25, -0.2) is 0 Å². The van der Waals surface area contributed by atoms with E-state index in [-0.39, 0.29) is 36.8 Å². The molecule has 0 radical (unpaired) electrons. The van der Waals surface area contributed by atoms with Gasteiger partial charge in [-0.3, -0.25) is 4.79 Å². The number of ether oxygens (including phenoxy) is 3. The van der Waals surface area contributed by atoms with E-state index >= 15 is 0 Å². The summed E-state index contributed by atoms with van der Waals surface area (Å²) in [6.45, 7) is 5.15. The zero-order valence-corrected chi connectivity index (χ0v) is 15.2. The maximum absolute atomic E-state index is 13.7. The molecule has 0 saturated carbocycles. The van der Waals surface area contributed by atoms with Gasteiger partial charge in [-0.2, -0.15) is 13.2 Å². The normalized spacial score (nSPS) is 26.7. The minimum atomic E-state index is -4.55. The highest BCUT2D eigenvalue weighted by Crippen LogP contribution is 2.39. The van der Waals surface area contributed by atoms with Gasteiger partial charge in [0.1, 0.15) is 0 Å². The molecule has 0 spiro atoms. The SMILES string of the molecule is CC1CN(c2ccc(NC(=O)C3COCCO3)cc2C(F)(F)F)CC(C)O1. The molecule has 3 rings (SSSR count). The molecule has 2 fully saturated rings. The third-order valence-electron chi connectivity index (χ3n) is 4.44. The van der Waals surface area contributed by atoms with Gasteiger partial charge in [0, 0.05) is 24.5 Å². The van der Waals surface area contributed by atoms with Crippen LogP contribution in [0, 0.1) is 0 Å². The average molecular weight is 388 g/mol. The van der Waals surface area contributed by atoms with E-state index in [4.69, 9.17) is 14.2 Å². The first kappa shape index (κ1) is 19.9. The Kier molecular flexibility index (Phi) is 5.92. The predicted octanol–water partition coefficient (Wildman–Crippen LogP) is 2.67. The van der Waals surface area contributed by atoms with Crippen molar-refractivity contribution in [2.45, 2.75) is 38.3 Å². The Morgan fingerprint density at radius 2 is 1.89 bits per heavy atom. The Morgan fingerprint density at radius 1 is 1.19 bits per heavy atom. The molecule has 27 heavy (non-hydrogen) atoms. The van der Waals surface area contributed by atoms with Crippen molar-refractivity contribution >= 4 is 17.3 Å². The molecule has 2 aliphatic rings. The van der Waals surface area contributed by atoms with Gasteiger partial charge in [0.2, 0.25) is 0 Å². The largest absolute Gasteiger partial charge is 0.418 e. The lowest BCUT2D eigenvalue weighted by molar-refractivity contribution is -0.142. The van der Waals surface area contributed by atoms with Crippen LogP contribution in [0.5, 0.6) is 0 Å². The smallest absolute Gasteiger partial charge is 0.376 e. The summed E-state index contributed by atoms with van der Waals surface area (Å²) < 4.78 is 57.0. The van der Waals surface area contributed by atoms with Gasteiger partial charge in [0.15, 0.2) is 6.10 Å². The molecule has 2 saturated heterocycles. The van der Waals surface area contributed by atoms with E-state index in [0.29, 0.717) is 19.7 Å². The number of nitrogens with one attached hydrogen (secondary N) is 1. The van der Waals surface area contributed by atoms with Crippen LogP contribution in [-0.2, 0) is 25.2 Å². The molecule has 0 bridgehead atoms. The zero-order chi connectivity index (χ0) is 19.6. The molecule has 1 aromatic carbocycles. The standard InChI is InChI=1S/C18H23F3N2O4/c1-11-8-23(9-12(2)27-11)15-4-3-13(7-14(15)18(19,20)21)22-17(24)16-10-25-5-6-26-16/h3-4,7,11-12,16H,5-6,8-10H2,1-2H3,(H,22,24). The summed E-state index contributed by atoms with van der Waals surface area (Å²) in [5.41, 5.74) is -0.637. The number of nitrogens with zero attached hydrogens (tertiary/aromatic N) is 1. The monoisotopic (exact) mass is 388 g/mol. The van der Waals surface area contributed by atoms with Crippen LogP contribution in [0.25, 0.3) is 0 Å². The van der Waals surface area contributed by atoms with Crippen LogP contribution in [-0.4, -0.2) is 57.1 Å². The number of rotatable bonds is 3. The van der Waals surface area contributed by atoms with Crippen molar-refractivity contribution in [1.82, 2.24) is 0 Å². The summed E-state index contributed by atoms with van der Waals surface area (Å²) in [6, 6.07) is 3.82. The fraction of sp³-hybridized carbons (Fsp3) is 0.611. The van der Waals surface area contributed by atoms with E-state index in [0.717, 1.165) is 6.07 Å². The molecule has 1 amide bonds. The van der Waals surface area contributed by atoms with Crippen molar-refractivity contribution < 1.29 is 32.2 Å². The molecule has 3 atom stereocenters. The number of halogens is 3. The number of hydrogen-bond donors (Lipinski definition) is 1. The average Bonchev–Trinajstić information content (AvgIpc) is 2.61. The Balaban J connectivity index is 1.82. The molecule has 2 heterocycles. The van der Waals surface area contributed by atoms with Crippen LogP contribution in [0.15, 0.2) is 18.2 Å². The number of amides is 1. The highest BCUT2D eigenvalue weighted by Gasteiger charge is 2.37. The minimum absolute atomic E-state index is 0.0691. The van der Waals surface area contributed by atoms with Crippen LogP contribution in [0.1, 0.15) is 19.4 Å². The summed E-state index contributed by atoms with van der Waals surface area (Å²) in [5.74, 6) is -0.524. The third-order valence-corrected chi connectivity index (χ3v) is 4.44. The minimum Gasteiger partial charge on any atom is -0.376 e. The van der Waals surface area contributed by atoms with Crippen LogP contribution in [0.3, 0.4) is 0 Å². The molecular formula is C18H23F3N2O4. The lowest BCUT2D eigenvalue weighted by Gasteiger charge is -2.38. The number of anilines is 2. The molecule has 3 unspecified atom stereocenters. The summed E-state index contributed by atoms with van der Waals surface area (Å²) in [7, 11) is 0.